The fraction of sp³-hybridized carbons (Fsp3) is 0.208. The van der Waals surface area contributed by atoms with Crippen molar-refractivity contribution in [1.29, 1.82) is 0 Å². The van der Waals surface area contributed by atoms with E-state index in [0.29, 0.717) is 5.65 Å². The summed E-state index contributed by atoms with van der Waals surface area (Å²) in [6.07, 6.45) is 1.55. The molecule has 0 aliphatic heterocycles. The first-order chi connectivity index (χ1) is 16.9. The second-order valence-corrected chi connectivity index (χ2v) is 7.75. The summed E-state index contributed by atoms with van der Waals surface area (Å²) in [5, 5.41) is -0.0359. The molecule has 0 bridgehead atoms. The lowest BCUT2D eigenvalue weighted by atomic mass is 10.2. The Kier molecular flexibility index (Phi) is 7.04. The smallest absolute Gasteiger partial charge is 0.341 e. The van der Waals surface area contributed by atoms with E-state index in [4.69, 9.17) is 21.1 Å². The van der Waals surface area contributed by atoms with Crippen molar-refractivity contribution in [1.82, 2.24) is 14.0 Å². The Bertz CT molecular complexity index is 1570. The molecular formula is C24H20ClFN4O5. The Balaban J connectivity index is 2.14. The predicted octanol–water partition coefficient (Wildman–Crippen LogP) is 3.01. The maximum absolute atomic E-state index is 14.4. The molecule has 0 radical (unpaired) electrons. The van der Waals surface area contributed by atoms with Crippen molar-refractivity contribution in [2.75, 3.05) is 20.3 Å². The summed E-state index contributed by atoms with van der Waals surface area (Å²) in [5.41, 5.74) is -0.700. The van der Waals surface area contributed by atoms with E-state index in [1.54, 1.807) is 31.3 Å². The first kappa shape index (κ1) is 24.2. The molecule has 35 heavy (non-hydrogen) atoms. The molecule has 0 N–H and O–H groups in total. The molecular weight excluding hydrogens is 479 g/mol. The van der Waals surface area contributed by atoms with E-state index in [-0.39, 0.29) is 46.9 Å². The Labute approximate surface area is 203 Å². The van der Waals surface area contributed by atoms with Crippen LogP contribution in [0, 0.1) is 5.82 Å². The van der Waals surface area contributed by atoms with Crippen LogP contribution in [0.15, 0.2) is 58.4 Å². The van der Waals surface area contributed by atoms with Gasteiger partial charge in [0.15, 0.2) is 5.49 Å². The summed E-state index contributed by atoms with van der Waals surface area (Å²) < 4.78 is 27.5. The zero-order chi connectivity index (χ0) is 25.1. The molecule has 1 amide bonds. The average Bonchev–Trinajstić information content (AvgIpc) is 2.83. The number of rotatable bonds is 6. The van der Waals surface area contributed by atoms with Gasteiger partial charge in [-0.3, -0.25) is 14.0 Å². The van der Waals surface area contributed by atoms with Crippen molar-refractivity contribution < 1.29 is 23.5 Å². The lowest BCUT2D eigenvalue weighted by molar-refractivity contribution is 0.0523. The first-order valence-corrected chi connectivity index (χ1v) is 11.0. The molecule has 0 saturated heterocycles. The second-order valence-electron chi connectivity index (χ2n) is 7.34. The Morgan fingerprint density at radius 1 is 1.20 bits per heavy atom. The van der Waals surface area contributed by atoms with Gasteiger partial charge < -0.3 is 14.0 Å². The van der Waals surface area contributed by atoms with Crippen molar-refractivity contribution in [3.63, 3.8) is 0 Å². The van der Waals surface area contributed by atoms with Crippen LogP contribution in [0.25, 0.3) is 16.7 Å². The number of pyridine rings is 2. The van der Waals surface area contributed by atoms with E-state index >= 15 is 0 Å². The van der Waals surface area contributed by atoms with Gasteiger partial charge in [-0.15, -0.1) is 0 Å². The Morgan fingerprint density at radius 3 is 2.71 bits per heavy atom. The van der Waals surface area contributed by atoms with Crippen molar-refractivity contribution in [2.24, 2.45) is 4.99 Å². The van der Waals surface area contributed by atoms with E-state index in [2.05, 4.69) is 9.98 Å². The van der Waals surface area contributed by atoms with Crippen molar-refractivity contribution >= 4 is 40.2 Å². The number of halogens is 2. The van der Waals surface area contributed by atoms with Gasteiger partial charge >= 0.3 is 5.97 Å². The highest BCUT2D eigenvalue weighted by Gasteiger charge is 2.22. The van der Waals surface area contributed by atoms with Crippen molar-refractivity contribution in [3.05, 3.63) is 86.5 Å². The molecule has 0 aliphatic rings. The minimum atomic E-state index is -1.01. The number of aromatic nitrogens is 3. The standard InChI is InChI=1S/C24H20ClFN4O5/c1-3-35-24(33)15-13-14-20(27-18-9-4-5-10-29(18)23(14)32)30(11-12-34-2)21(15)28-22(31)19-16(25)7-6-8-17(19)26/h4-10,13H,3,11-12H2,1-2H3. The van der Waals surface area contributed by atoms with Crippen molar-refractivity contribution in [3.8, 4) is 0 Å². The first-order valence-electron chi connectivity index (χ1n) is 10.6. The predicted molar refractivity (Wildman–Crippen MR) is 126 cm³/mol. The fourth-order valence-electron chi connectivity index (χ4n) is 3.61. The SMILES string of the molecule is CCOC(=O)c1cc2c(=O)n3ccccc3nc2n(CCOC)c1=NC(=O)c1c(F)cccc1Cl. The normalized spacial score (nSPS) is 11.8. The third-order valence-electron chi connectivity index (χ3n) is 5.19. The molecule has 0 spiro atoms. The number of methoxy groups -OCH3 is 1. The maximum Gasteiger partial charge on any atom is 0.341 e. The minimum Gasteiger partial charge on any atom is -0.462 e. The van der Waals surface area contributed by atoms with Gasteiger partial charge in [0.05, 0.1) is 29.2 Å². The molecule has 0 unspecified atom stereocenters. The largest absolute Gasteiger partial charge is 0.462 e. The molecule has 0 fully saturated rings. The number of hydrogen-bond acceptors (Lipinski definition) is 6. The van der Waals surface area contributed by atoms with Crippen LogP contribution in [0.4, 0.5) is 4.39 Å². The van der Waals surface area contributed by atoms with Gasteiger partial charge in [-0.25, -0.2) is 14.2 Å². The van der Waals surface area contributed by atoms with E-state index in [1.807, 2.05) is 0 Å². The molecule has 180 valence electrons. The number of ether oxygens (including phenoxy) is 2. The highest BCUT2D eigenvalue weighted by molar-refractivity contribution is 6.33. The summed E-state index contributed by atoms with van der Waals surface area (Å²) >= 11 is 6.05. The highest BCUT2D eigenvalue weighted by Crippen LogP contribution is 2.20. The van der Waals surface area contributed by atoms with Gasteiger partial charge in [0.1, 0.15) is 22.7 Å². The quantitative estimate of drug-likeness (QED) is 0.299. The van der Waals surface area contributed by atoms with Gasteiger partial charge in [-0.2, -0.15) is 4.99 Å². The minimum absolute atomic E-state index is 0.0381. The molecule has 0 saturated carbocycles. The van der Waals surface area contributed by atoms with Crippen LogP contribution in [0.5, 0.6) is 0 Å². The third-order valence-corrected chi connectivity index (χ3v) is 5.50. The number of carbonyl (C=O) groups is 2. The number of benzene rings is 1. The van der Waals surface area contributed by atoms with Gasteiger partial charge in [0.25, 0.3) is 11.5 Å². The van der Waals surface area contributed by atoms with E-state index in [0.717, 1.165) is 6.07 Å². The number of esters is 1. The zero-order valence-electron chi connectivity index (χ0n) is 18.8. The molecule has 9 nitrogen and oxygen atoms in total. The lowest BCUT2D eigenvalue weighted by Crippen LogP contribution is -2.33. The molecule has 1 aromatic carbocycles. The van der Waals surface area contributed by atoms with Crippen LogP contribution in [-0.4, -0.2) is 46.2 Å². The van der Waals surface area contributed by atoms with Crippen LogP contribution < -0.4 is 11.0 Å². The summed E-state index contributed by atoms with van der Waals surface area (Å²) in [7, 11) is 1.47. The monoisotopic (exact) mass is 498 g/mol. The number of hydrogen-bond donors (Lipinski definition) is 0. The van der Waals surface area contributed by atoms with Crippen LogP contribution in [0.1, 0.15) is 27.6 Å². The van der Waals surface area contributed by atoms with Crippen molar-refractivity contribution in [2.45, 2.75) is 13.5 Å². The molecule has 0 atom stereocenters. The molecule has 0 aliphatic carbocycles. The fourth-order valence-corrected chi connectivity index (χ4v) is 3.85. The number of fused-ring (bicyclic) bond motifs is 2. The van der Waals surface area contributed by atoms with E-state index < -0.39 is 28.8 Å². The van der Waals surface area contributed by atoms with E-state index in [9.17, 15) is 18.8 Å². The third kappa shape index (κ3) is 4.58. The molecule has 4 aromatic rings. The van der Waals surface area contributed by atoms with Crippen LogP contribution >= 0.6 is 11.6 Å². The van der Waals surface area contributed by atoms with Gasteiger partial charge in [0.2, 0.25) is 0 Å². The van der Waals surface area contributed by atoms with Gasteiger partial charge in [-0.05, 0) is 37.3 Å². The highest BCUT2D eigenvalue weighted by atomic mass is 35.5. The van der Waals surface area contributed by atoms with Gasteiger partial charge in [0, 0.05) is 19.9 Å². The lowest BCUT2D eigenvalue weighted by Gasteiger charge is -2.15. The number of nitrogens with zero attached hydrogens (tertiary/aromatic N) is 4. The molecule has 4 rings (SSSR count). The second kappa shape index (κ2) is 10.2. The van der Waals surface area contributed by atoms with Crippen LogP contribution in [0.3, 0.4) is 0 Å². The molecule has 3 aromatic heterocycles. The van der Waals surface area contributed by atoms with Gasteiger partial charge in [-0.1, -0.05) is 23.7 Å². The van der Waals surface area contributed by atoms with E-state index in [1.165, 1.54) is 34.3 Å². The maximum atomic E-state index is 14.4. The number of carbonyl (C=O) groups excluding carboxylic acids is 2. The summed E-state index contributed by atoms with van der Waals surface area (Å²) in [4.78, 5) is 47.8. The topological polar surface area (TPSA) is 104 Å². The van der Waals surface area contributed by atoms with Crippen LogP contribution in [-0.2, 0) is 16.0 Å². The summed E-state index contributed by atoms with van der Waals surface area (Å²) in [6.45, 7) is 1.87. The summed E-state index contributed by atoms with van der Waals surface area (Å²) in [6, 6.07) is 10.1. The number of amides is 1. The zero-order valence-corrected chi connectivity index (χ0v) is 19.6. The Morgan fingerprint density at radius 2 is 2.00 bits per heavy atom. The Hall–Kier alpha value is -3.89. The molecule has 3 heterocycles. The average molecular weight is 499 g/mol. The summed E-state index contributed by atoms with van der Waals surface area (Å²) in [5.74, 6) is -2.69. The van der Waals surface area contributed by atoms with Crippen LogP contribution in [0.2, 0.25) is 5.02 Å². The molecule has 11 heteroatoms.